The van der Waals surface area contributed by atoms with E-state index in [1.807, 2.05) is 73.7 Å². The molecule has 0 bridgehead atoms. The quantitative estimate of drug-likeness (QED) is 0.0720. The number of aromatic hydroxyl groups is 1. The van der Waals surface area contributed by atoms with Gasteiger partial charge in [-0.25, -0.2) is 10.2 Å². The number of hydrazine groups is 1. The number of hydrogen-bond acceptors (Lipinski definition) is 8. The fourth-order valence-electron chi connectivity index (χ4n) is 5.85. The van der Waals surface area contributed by atoms with E-state index in [9.17, 15) is 19.5 Å². The summed E-state index contributed by atoms with van der Waals surface area (Å²) in [5, 5.41) is 17.2. The number of Topliss-reactive ketones (excluding diaryl/α,β-unsaturated/α-hetero) is 1. The Labute approximate surface area is 288 Å². The first-order valence-corrected chi connectivity index (χ1v) is 16.9. The van der Waals surface area contributed by atoms with Gasteiger partial charge in [-0.3, -0.25) is 19.9 Å². The third-order valence-corrected chi connectivity index (χ3v) is 8.59. The Bertz CT molecular complexity index is 1670. The van der Waals surface area contributed by atoms with Crippen LogP contribution in [0.5, 0.6) is 5.75 Å². The number of phenols is 1. The van der Waals surface area contributed by atoms with E-state index in [1.165, 1.54) is 0 Å². The first-order chi connectivity index (χ1) is 23.9. The predicted octanol–water partition coefficient (Wildman–Crippen LogP) is 5.75. The van der Waals surface area contributed by atoms with Gasteiger partial charge in [0.1, 0.15) is 11.9 Å². The highest BCUT2D eigenvalue weighted by Gasteiger charge is 2.23. The van der Waals surface area contributed by atoms with Crippen molar-refractivity contribution in [1.29, 1.82) is 0 Å². The predicted molar refractivity (Wildman–Crippen MR) is 192 cm³/mol. The Hall–Kier alpha value is -5.03. The zero-order valence-electron chi connectivity index (χ0n) is 27.9. The number of benzene rings is 4. The summed E-state index contributed by atoms with van der Waals surface area (Å²) in [6.07, 6.45) is 1.59. The van der Waals surface area contributed by atoms with Crippen LogP contribution >= 0.6 is 0 Å². The lowest BCUT2D eigenvalue weighted by Gasteiger charge is -2.31. The summed E-state index contributed by atoms with van der Waals surface area (Å²) in [5.74, 6) is -0.0538. The number of ether oxygens (including phenoxy) is 1. The summed E-state index contributed by atoms with van der Waals surface area (Å²) >= 11 is 0. The molecule has 0 spiro atoms. The summed E-state index contributed by atoms with van der Waals surface area (Å²) in [7, 11) is 0. The number of carbonyl (C=O) groups is 3. The third kappa shape index (κ3) is 10.5. The molecule has 4 aromatic carbocycles. The zero-order valence-corrected chi connectivity index (χ0v) is 27.9. The van der Waals surface area contributed by atoms with Crippen LogP contribution in [-0.2, 0) is 11.2 Å². The van der Waals surface area contributed by atoms with Crippen LogP contribution in [0.1, 0.15) is 46.0 Å². The van der Waals surface area contributed by atoms with Gasteiger partial charge in [0, 0.05) is 56.0 Å². The van der Waals surface area contributed by atoms with Gasteiger partial charge >= 0.3 is 6.09 Å². The fourth-order valence-corrected chi connectivity index (χ4v) is 5.85. The number of ketones is 1. The molecule has 10 nitrogen and oxygen atoms in total. The van der Waals surface area contributed by atoms with Crippen LogP contribution in [0.2, 0.25) is 0 Å². The summed E-state index contributed by atoms with van der Waals surface area (Å²) in [6, 6.07) is 31.5. The standard InChI is InChI=1S/C39H45N5O5/c1-2-44(41-22-19-29-15-17-33(45)18-16-29)38(47)32-12-8-11-31(27-32)37(46)28-40-23-26-43-24-20-34(21-25-43)49-39(48)42-36-14-7-6-13-35(36)30-9-4-3-5-10-30/h3-18,27,34,40-41,45H,2,19-26,28H2,1H3,(H,42,48). The lowest BCUT2D eigenvalue weighted by Crippen LogP contribution is -2.43. The molecular formula is C39H45N5O5. The number of rotatable bonds is 15. The second-order valence-corrected chi connectivity index (χ2v) is 12.0. The molecule has 2 amide bonds. The SMILES string of the molecule is CCN(NCCc1ccc(O)cc1)C(=O)c1cccc(C(=O)CNCCN2CCC(OC(=O)Nc3ccccc3-c3ccccc3)CC2)c1. The lowest BCUT2D eigenvalue weighted by molar-refractivity contribution is 0.0592. The average molecular weight is 664 g/mol. The smallest absolute Gasteiger partial charge is 0.411 e. The van der Waals surface area contributed by atoms with Gasteiger partial charge in [0.2, 0.25) is 0 Å². The second kappa shape index (κ2) is 17.9. The topological polar surface area (TPSA) is 123 Å². The zero-order chi connectivity index (χ0) is 34.4. The lowest BCUT2D eigenvalue weighted by atomic mass is 10.0. The number of carbonyl (C=O) groups excluding carboxylic acids is 3. The van der Waals surface area contributed by atoms with Crippen LogP contribution in [0.4, 0.5) is 10.5 Å². The van der Waals surface area contributed by atoms with E-state index in [4.69, 9.17) is 4.74 Å². The van der Waals surface area contributed by atoms with Crippen molar-refractivity contribution in [3.63, 3.8) is 0 Å². The molecule has 256 valence electrons. The Morgan fingerprint density at radius 1 is 0.857 bits per heavy atom. The molecule has 1 saturated heterocycles. The molecule has 0 radical (unpaired) electrons. The molecule has 0 atom stereocenters. The molecule has 49 heavy (non-hydrogen) atoms. The van der Waals surface area contributed by atoms with Crippen molar-refractivity contribution in [1.82, 2.24) is 20.7 Å². The molecule has 5 rings (SSSR count). The number of phenolic OH excluding ortho intramolecular Hbond substituents is 1. The van der Waals surface area contributed by atoms with E-state index in [0.29, 0.717) is 42.9 Å². The number of piperidine rings is 1. The van der Waals surface area contributed by atoms with Crippen molar-refractivity contribution in [3.8, 4) is 16.9 Å². The van der Waals surface area contributed by atoms with Crippen molar-refractivity contribution in [2.75, 3.05) is 51.1 Å². The highest BCUT2D eigenvalue weighted by Crippen LogP contribution is 2.28. The van der Waals surface area contributed by atoms with Gasteiger partial charge in [-0.15, -0.1) is 0 Å². The van der Waals surface area contributed by atoms with Crippen LogP contribution < -0.4 is 16.1 Å². The normalized spacial score (nSPS) is 13.5. The number of nitrogens with one attached hydrogen (secondary N) is 3. The van der Waals surface area contributed by atoms with Crippen molar-refractivity contribution in [2.45, 2.75) is 32.3 Å². The molecule has 1 fully saturated rings. The molecule has 0 saturated carbocycles. The maximum absolute atomic E-state index is 13.2. The van der Waals surface area contributed by atoms with Gasteiger partial charge in [-0.2, -0.15) is 0 Å². The molecule has 1 aliphatic rings. The van der Waals surface area contributed by atoms with Gasteiger partial charge in [0.05, 0.1) is 12.2 Å². The summed E-state index contributed by atoms with van der Waals surface area (Å²) in [6.45, 7) is 6.10. The van der Waals surface area contributed by atoms with Crippen LogP contribution in [0.3, 0.4) is 0 Å². The number of nitrogens with zero attached hydrogens (tertiary/aromatic N) is 2. The van der Waals surface area contributed by atoms with E-state index < -0.39 is 6.09 Å². The van der Waals surface area contributed by atoms with Crippen LogP contribution in [0.15, 0.2) is 103 Å². The van der Waals surface area contributed by atoms with Crippen LogP contribution in [0, 0.1) is 0 Å². The van der Waals surface area contributed by atoms with Crippen LogP contribution in [0.25, 0.3) is 11.1 Å². The third-order valence-electron chi connectivity index (χ3n) is 8.59. The van der Waals surface area contributed by atoms with E-state index >= 15 is 0 Å². The fraction of sp³-hybridized carbons (Fsp3) is 0.308. The van der Waals surface area contributed by atoms with Crippen molar-refractivity contribution in [3.05, 3.63) is 120 Å². The molecule has 4 N–H and O–H groups in total. The Morgan fingerprint density at radius 3 is 2.33 bits per heavy atom. The number of likely N-dealkylation sites (tertiary alicyclic amines) is 1. The number of hydrogen-bond donors (Lipinski definition) is 4. The first-order valence-electron chi connectivity index (χ1n) is 16.9. The maximum Gasteiger partial charge on any atom is 0.411 e. The van der Waals surface area contributed by atoms with Gasteiger partial charge in [0.25, 0.3) is 5.91 Å². The van der Waals surface area contributed by atoms with Gasteiger partial charge in [-0.1, -0.05) is 72.8 Å². The molecule has 0 aromatic heterocycles. The number of para-hydroxylation sites is 1. The van der Waals surface area contributed by atoms with Crippen LogP contribution in [-0.4, -0.2) is 84.7 Å². The van der Waals surface area contributed by atoms with Gasteiger partial charge in [-0.05, 0) is 67.6 Å². The minimum absolute atomic E-state index is 0.0788. The molecule has 10 heteroatoms. The van der Waals surface area contributed by atoms with Gasteiger partial charge < -0.3 is 20.1 Å². The average Bonchev–Trinajstić information content (AvgIpc) is 3.13. The Morgan fingerprint density at radius 2 is 1.57 bits per heavy atom. The van der Waals surface area contributed by atoms with Crippen molar-refractivity contribution >= 4 is 23.5 Å². The van der Waals surface area contributed by atoms with Crippen molar-refractivity contribution < 1.29 is 24.2 Å². The molecule has 0 aliphatic carbocycles. The maximum atomic E-state index is 13.2. The minimum Gasteiger partial charge on any atom is -0.508 e. The number of amides is 2. The van der Waals surface area contributed by atoms with Gasteiger partial charge in [0.15, 0.2) is 5.78 Å². The van der Waals surface area contributed by atoms with E-state index in [1.54, 1.807) is 41.4 Å². The minimum atomic E-state index is -0.447. The van der Waals surface area contributed by atoms with E-state index in [-0.39, 0.29) is 30.1 Å². The number of anilines is 1. The Kier molecular flexibility index (Phi) is 12.9. The van der Waals surface area contributed by atoms with E-state index in [2.05, 4.69) is 21.0 Å². The molecule has 0 unspecified atom stereocenters. The monoisotopic (exact) mass is 663 g/mol. The highest BCUT2D eigenvalue weighted by molar-refractivity contribution is 6.01. The van der Waals surface area contributed by atoms with E-state index in [0.717, 1.165) is 49.2 Å². The largest absolute Gasteiger partial charge is 0.508 e. The highest BCUT2D eigenvalue weighted by atomic mass is 16.6. The second-order valence-electron chi connectivity index (χ2n) is 12.0. The molecule has 1 aliphatic heterocycles. The summed E-state index contributed by atoms with van der Waals surface area (Å²) in [5.41, 5.74) is 7.84. The van der Waals surface area contributed by atoms with Crippen molar-refractivity contribution in [2.24, 2.45) is 0 Å². The first kappa shape index (κ1) is 35.3. The summed E-state index contributed by atoms with van der Waals surface area (Å²) in [4.78, 5) is 41.1. The molecular weight excluding hydrogens is 618 g/mol. The Balaban J connectivity index is 0.996. The molecule has 1 heterocycles. The summed E-state index contributed by atoms with van der Waals surface area (Å²) < 4.78 is 5.75. The molecule has 4 aromatic rings.